The molecule has 3 nitrogen and oxygen atoms in total. The van der Waals surface area contributed by atoms with Gasteiger partial charge in [0.05, 0.1) is 5.92 Å². The first-order valence-corrected chi connectivity index (χ1v) is 5.09. The second-order valence-electron chi connectivity index (χ2n) is 2.67. The summed E-state index contributed by atoms with van der Waals surface area (Å²) < 4.78 is 11.3. The zero-order valence-electron chi connectivity index (χ0n) is 7.32. The van der Waals surface area contributed by atoms with Crippen LogP contribution < -0.4 is 0 Å². The lowest BCUT2D eigenvalue weighted by molar-refractivity contribution is -0.141. The lowest BCUT2D eigenvalue weighted by atomic mass is 10.1. The molecular formula is C8H14O3S. The lowest BCUT2D eigenvalue weighted by Crippen LogP contribution is -2.27. The van der Waals surface area contributed by atoms with Gasteiger partial charge in [-0.3, -0.25) is 9.00 Å². The molecule has 70 valence electrons. The van der Waals surface area contributed by atoms with Crippen molar-refractivity contribution in [3.63, 3.8) is 0 Å². The molecule has 0 saturated heterocycles. The zero-order chi connectivity index (χ0) is 9.72. The summed E-state index contributed by atoms with van der Waals surface area (Å²) in [6.07, 6.45) is 1.54. The van der Waals surface area contributed by atoms with Crippen LogP contribution in [-0.2, 0) is 15.6 Å². The first-order chi connectivity index (χ1) is 5.50. The highest BCUT2D eigenvalue weighted by Gasteiger charge is 2.23. The van der Waals surface area contributed by atoms with Crippen LogP contribution in [0.4, 0.5) is 0 Å². The van der Waals surface area contributed by atoms with Crippen LogP contribution in [0.25, 0.3) is 0 Å². The Morgan fingerprint density at radius 1 is 1.67 bits per heavy atom. The summed E-state index contributed by atoms with van der Waals surface area (Å²) in [5.74, 6) is -1.11. The van der Waals surface area contributed by atoms with Crippen molar-refractivity contribution in [1.82, 2.24) is 0 Å². The van der Waals surface area contributed by atoms with E-state index in [1.165, 1.54) is 0 Å². The van der Waals surface area contributed by atoms with Gasteiger partial charge in [-0.15, -0.1) is 6.58 Å². The van der Waals surface area contributed by atoms with E-state index in [9.17, 15) is 9.00 Å². The Morgan fingerprint density at radius 2 is 2.17 bits per heavy atom. The molecule has 0 rings (SSSR count). The van der Waals surface area contributed by atoms with E-state index >= 15 is 0 Å². The zero-order valence-corrected chi connectivity index (χ0v) is 8.13. The second kappa shape index (κ2) is 5.09. The molecule has 0 aromatic carbocycles. The highest BCUT2D eigenvalue weighted by Crippen LogP contribution is 2.09. The van der Waals surface area contributed by atoms with Crippen molar-refractivity contribution in [3.05, 3.63) is 12.7 Å². The Bertz CT molecular complexity index is 200. The SMILES string of the molecule is C=CCS(=O)[C@@H](C)C(C)C(=O)O. The van der Waals surface area contributed by atoms with Gasteiger partial charge in [-0.2, -0.15) is 0 Å². The number of carboxylic acids is 1. The molecule has 0 saturated carbocycles. The molecule has 0 aliphatic heterocycles. The molecule has 0 aromatic rings. The van der Waals surface area contributed by atoms with Crippen molar-refractivity contribution in [2.24, 2.45) is 5.92 Å². The Balaban J connectivity index is 4.17. The molecule has 0 fully saturated rings. The van der Waals surface area contributed by atoms with Crippen molar-refractivity contribution in [2.75, 3.05) is 5.75 Å². The molecule has 4 heteroatoms. The number of carboxylic acid groups (broad SMARTS) is 1. The van der Waals surface area contributed by atoms with Crippen LogP contribution in [-0.4, -0.2) is 26.3 Å². The summed E-state index contributed by atoms with van der Waals surface area (Å²) in [7, 11) is -1.11. The minimum absolute atomic E-state index is 0.319. The maximum Gasteiger partial charge on any atom is 0.307 e. The van der Waals surface area contributed by atoms with Crippen LogP contribution in [0.1, 0.15) is 13.8 Å². The normalized spacial score (nSPS) is 17.8. The third-order valence-electron chi connectivity index (χ3n) is 1.79. The molecule has 1 N–H and O–H groups in total. The lowest BCUT2D eigenvalue weighted by Gasteiger charge is -2.13. The molecule has 2 unspecified atom stereocenters. The minimum Gasteiger partial charge on any atom is -0.481 e. The molecule has 0 bridgehead atoms. The number of aliphatic carboxylic acids is 1. The summed E-state index contributed by atoms with van der Waals surface area (Å²) in [4.78, 5) is 10.5. The van der Waals surface area contributed by atoms with Crippen molar-refractivity contribution in [3.8, 4) is 0 Å². The first-order valence-electron chi connectivity index (χ1n) is 3.71. The van der Waals surface area contributed by atoms with E-state index in [0.717, 1.165) is 0 Å². The van der Waals surface area contributed by atoms with Gasteiger partial charge in [0, 0.05) is 21.8 Å². The average Bonchev–Trinajstić information content (AvgIpc) is 2.02. The summed E-state index contributed by atoms with van der Waals surface area (Å²) in [6, 6.07) is 0. The predicted octanol–water partition coefficient (Wildman–Crippen LogP) is 1.03. The van der Waals surface area contributed by atoms with Gasteiger partial charge in [0.25, 0.3) is 0 Å². The molecular weight excluding hydrogens is 176 g/mol. The molecule has 0 aliphatic rings. The molecule has 0 aromatic heterocycles. The van der Waals surface area contributed by atoms with Gasteiger partial charge in [-0.25, -0.2) is 0 Å². The van der Waals surface area contributed by atoms with Gasteiger partial charge in [-0.1, -0.05) is 13.0 Å². The van der Waals surface area contributed by atoms with E-state index < -0.39 is 22.7 Å². The molecule has 0 spiro atoms. The molecule has 0 heterocycles. The molecule has 0 radical (unpaired) electrons. The van der Waals surface area contributed by atoms with Gasteiger partial charge in [0.2, 0.25) is 0 Å². The van der Waals surface area contributed by atoms with Crippen molar-refractivity contribution < 1.29 is 14.1 Å². The number of hydrogen-bond donors (Lipinski definition) is 1. The van der Waals surface area contributed by atoms with Crippen molar-refractivity contribution in [1.29, 1.82) is 0 Å². The van der Waals surface area contributed by atoms with E-state index in [0.29, 0.717) is 5.75 Å². The van der Waals surface area contributed by atoms with Crippen molar-refractivity contribution in [2.45, 2.75) is 19.1 Å². The Morgan fingerprint density at radius 3 is 2.50 bits per heavy atom. The van der Waals surface area contributed by atoms with Crippen molar-refractivity contribution >= 4 is 16.8 Å². The van der Waals surface area contributed by atoms with E-state index in [1.54, 1.807) is 19.9 Å². The minimum atomic E-state index is -1.11. The summed E-state index contributed by atoms with van der Waals surface area (Å²) in [5, 5.41) is 8.29. The maximum atomic E-state index is 11.3. The van der Waals surface area contributed by atoms with Crippen LogP contribution in [0.15, 0.2) is 12.7 Å². The largest absolute Gasteiger partial charge is 0.481 e. The van der Waals surface area contributed by atoms with Gasteiger partial charge in [-0.05, 0) is 6.92 Å². The maximum absolute atomic E-state index is 11.3. The molecule has 3 atom stereocenters. The fourth-order valence-corrected chi connectivity index (χ4v) is 1.80. The van der Waals surface area contributed by atoms with Crippen LogP contribution >= 0.6 is 0 Å². The second-order valence-corrected chi connectivity index (χ2v) is 4.51. The van der Waals surface area contributed by atoms with Crippen LogP contribution in [0, 0.1) is 5.92 Å². The van der Waals surface area contributed by atoms with E-state index in [4.69, 9.17) is 5.11 Å². The third kappa shape index (κ3) is 3.17. The number of carbonyl (C=O) groups is 1. The highest BCUT2D eigenvalue weighted by atomic mass is 32.2. The average molecular weight is 190 g/mol. The molecule has 0 amide bonds. The molecule has 12 heavy (non-hydrogen) atoms. The quantitative estimate of drug-likeness (QED) is 0.659. The smallest absolute Gasteiger partial charge is 0.307 e. The van der Waals surface area contributed by atoms with Crippen LogP contribution in [0.5, 0.6) is 0 Å². The fourth-order valence-electron chi connectivity index (χ4n) is 0.696. The number of rotatable bonds is 5. The summed E-state index contributed by atoms with van der Waals surface area (Å²) in [5.41, 5.74) is 0. The standard InChI is InChI=1S/C8H14O3S/c1-4-5-12(11)7(3)6(2)8(9)10/h4,6-7H,1,5H2,2-3H3,(H,9,10)/t6?,7-,12?/m0/s1. The topological polar surface area (TPSA) is 54.4 Å². The summed E-state index contributed by atoms with van der Waals surface area (Å²) >= 11 is 0. The predicted molar refractivity (Wildman–Crippen MR) is 49.5 cm³/mol. The first kappa shape index (κ1) is 11.4. The third-order valence-corrected chi connectivity index (χ3v) is 3.59. The fraction of sp³-hybridized carbons (Fsp3) is 0.625. The van der Waals surface area contributed by atoms with E-state index in [-0.39, 0.29) is 5.25 Å². The summed E-state index contributed by atoms with van der Waals surface area (Å²) in [6.45, 7) is 6.69. The number of hydrogen-bond acceptors (Lipinski definition) is 2. The van der Waals surface area contributed by atoms with E-state index in [1.807, 2.05) is 0 Å². The van der Waals surface area contributed by atoms with Gasteiger partial charge in [0.15, 0.2) is 0 Å². The monoisotopic (exact) mass is 190 g/mol. The van der Waals surface area contributed by atoms with Crippen LogP contribution in [0.3, 0.4) is 0 Å². The van der Waals surface area contributed by atoms with Gasteiger partial charge in [0.1, 0.15) is 0 Å². The Kier molecular flexibility index (Phi) is 4.81. The molecule has 0 aliphatic carbocycles. The van der Waals surface area contributed by atoms with E-state index in [2.05, 4.69) is 6.58 Å². The Hall–Kier alpha value is -0.640. The Labute approximate surface area is 74.9 Å². The van der Waals surface area contributed by atoms with Gasteiger partial charge >= 0.3 is 5.97 Å². The highest BCUT2D eigenvalue weighted by molar-refractivity contribution is 7.85. The van der Waals surface area contributed by atoms with Gasteiger partial charge < -0.3 is 5.11 Å². The van der Waals surface area contributed by atoms with Crippen LogP contribution in [0.2, 0.25) is 0 Å².